The van der Waals surface area contributed by atoms with Crippen molar-refractivity contribution in [2.75, 3.05) is 32.2 Å². The molecule has 2 rings (SSSR count). The van der Waals surface area contributed by atoms with Crippen molar-refractivity contribution in [1.82, 2.24) is 4.98 Å². The molecule has 0 saturated heterocycles. The lowest BCUT2D eigenvalue weighted by atomic mass is 10.1. The number of aryl methyl sites for hydroxylation is 1. The monoisotopic (exact) mass is 432 g/mol. The zero-order chi connectivity index (χ0) is 23.0. The summed E-state index contributed by atoms with van der Waals surface area (Å²) < 4.78 is 20.9. The third-order valence-corrected chi connectivity index (χ3v) is 4.45. The van der Waals surface area contributed by atoms with Crippen molar-refractivity contribution in [3.8, 4) is 11.5 Å². The van der Waals surface area contributed by atoms with Crippen molar-refractivity contribution >= 4 is 23.5 Å². The summed E-state index contributed by atoms with van der Waals surface area (Å²) in [6.45, 7) is 7.51. The molecule has 0 aliphatic carbocycles. The van der Waals surface area contributed by atoms with Crippen LogP contribution in [0, 0.1) is 6.92 Å². The molecular formula is C22H28N2O7. The van der Waals surface area contributed by atoms with Gasteiger partial charge in [0.25, 0.3) is 5.91 Å². The summed E-state index contributed by atoms with van der Waals surface area (Å²) in [7, 11) is 1.27. The highest BCUT2D eigenvalue weighted by Gasteiger charge is 2.25. The van der Waals surface area contributed by atoms with E-state index in [9.17, 15) is 14.4 Å². The van der Waals surface area contributed by atoms with Crippen LogP contribution >= 0.6 is 0 Å². The largest absolute Gasteiger partial charge is 0.494 e. The number of anilines is 1. The number of amides is 1. The van der Waals surface area contributed by atoms with Crippen molar-refractivity contribution in [3.63, 3.8) is 0 Å². The first-order valence-electron chi connectivity index (χ1n) is 10.0. The van der Waals surface area contributed by atoms with E-state index in [1.165, 1.54) is 7.11 Å². The van der Waals surface area contributed by atoms with Crippen LogP contribution in [0.2, 0.25) is 0 Å². The van der Waals surface area contributed by atoms with Gasteiger partial charge in [0.1, 0.15) is 17.2 Å². The SMILES string of the molecule is CCOc1ccc(OCC)c(NC(=O)COC(=O)c2[nH]c(CC)c(C(=O)OC)c2C)c1. The molecule has 0 atom stereocenters. The van der Waals surface area contributed by atoms with Gasteiger partial charge in [0.2, 0.25) is 0 Å². The van der Waals surface area contributed by atoms with E-state index in [0.717, 1.165) is 0 Å². The number of benzene rings is 1. The van der Waals surface area contributed by atoms with Crippen LogP contribution in [0.15, 0.2) is 18.2 Å². The molecule has 0 unspecified atom stereocenters. The Labute approximate surface area is 181 Å². The maximum Gasteiger partial charge on any atom is 0.355 e. The second-order valence-corrected chi connectivity index (χ2v) is 6.47. The summed E-state index contributed by atoms with van der Waals surface area (Å²) >= 11 is 0. The molecule has 2 N–H and O–H groups in total. The summed E-state index contributed by atoms with van der Waals surface area (Å²) in [5.74, 6) is -0.787. The Balaban J connectivity index is 2.10. The summed E-state index contributed by atoms with van der Waals surface area (Å²) in [4.78, 5) is 39.8. The molecule has 0 radical (unpaired) electrons. The van der Waals surface area contributed by atoms with E-state index in [4.69, 9.17) is 18.9 Å². The van der Waals surface area contributed by atoms with E-state index >= 15 is 0 Å². The molecule has 9 nitrogen and oxygen atoms in total. The molecule has 1 aromatic heterocycles. The molecule has 0 bridgehead atoms. The van der Waals surface area contributed by atoms with Crippen LogP contribution in [-0.2, 0) is 20.7 Å². The summed E-state index contributed by atoms with van der Waals surface area (Å²) in [5, 5.41) is 2.67. The number of aromatic amines is 1. The Morgan fingerprint density at radius 3 is 2.35 bits per heavy atom. The molecule has 0 aliphatic heterocycles. The van der Waals surface area contributed by atoms with Gasteiger partial charge in [-0.25, -0.2) is 9.59 Å². The second-order valence-electron chi connectivity index (χ2n) is 6.47. The van der Waals surface area contributed by atoms with E-state index in [1.807, 2.05) is 20.8 Å². The number of nitrogens with one attached hydrogen (secondary N) is 2. The van der Waals surface area contributed by atoms with Crippen LogP contribution in [0.5, 0.6) is 11.5 Å². The van der Waals surface area contributed by atoms with Gasteiger partial charge >= 0.3 is 11.9 Å². The number of carbonyl (C=O) groups is 3. The fraction of sp³-hybridized carbons (Fsp3) is 0.409. The standard InChI is InChI=1S/C22H28N2O7/c1-6-15-19(21(26)28-5)13(4)20(24-15)22(27)31-12-18(25)23-16-11-14(29-7-2)9-10-17(16)30-8-3/h9-11,24H,6-8,12H2,1-5H3,(H,23,25). The Bertz CT molecular complexity index is 950. The minimum absolute atomic E-state index is 0.110. The van der Waals surface area contributed by atoms with Gasteiger partial charge in [0.05, 0.1) is 31.6 Å². The van der Waals surface area contributed by atoms with Crippen LogP contribution in [0.4, 0.5) is 5.69 Å². The van der Waals surface area contributed by atoms with Gasteiger partial charge < -0.3 is 29.2 Å². The van der Waals surface area contributed by atoms with Gasteiger partial charge in [-0.05, 0) is 44.9 Å². The zero-order valence-electron chi connectivity index (χ0n) is 18.4. The molecule has 9 heteroatoms. The van der Waals surface area contributed by atoms with Crippen molar-refractivity contribution in [3.05, 3.63) is 40.7 Å². The Kier molecular flexibility index (Phi) is 8.48. The molecule has 0 fully saturated rings. The van der Waals surface area contributed by atoms with Gasteiger partial charge in [0, 0.05) is 11.8 Å². The summed E-state index contributed by atoms with van der Waals surface area (Å²) in [6, 6.07) is 5.07. The molecule has 1 aromatic carbocycles. The molecule has 31 heavy (non-hydrogen) atoms. The number of carbonyl (C=O) groups excluding carboxylic acids is 3. The van der Waals surface area contributed by atoms with E-state index in [1.54, 1.807) is 25.1 Å². The quantitative estimate of drug-likeness (QED) is 0.554. The van der Waals surface area contributed by atoms with Crippen molar-refractivity contribution in [2.24, 2.45) is 0 Å². The number of rotatable bonds is 10. The zero-order valence-corrected chi connectivity index (χ0v) is 18.4. The maximum absolute atomic E-state index is 12.5. The van der Waals surface area contributed by atoms with Crippen LogP contribution in [0.1, 0.15) is 52.9 Å². The van der Waals surface area contributed by atoms with E-state index < -0.39 is 24.5 Å². The molecule has 0 spiro atoms. The normalized spacial score (nSPS) is 10.4. The fourth-order valence-corrected chi connectivity index (χ4v) is 3.04. The number of ether oxygens (including phenoxy) is 4. The van der Waals surface area contributed by atoms with Crippen LogP contribution in [0.3, 0.4) is 0 Å². The number of aromatic nitrogens is 1. The molecular weight excluding hydrogens is 404 g/mol. The molecule has 2 aromatic rings. The first kappa shape index (κ1) is 23.8. The van der Waals surface area contributed by atoms with Gasteiger partial charge in [0.15, 0.2) is 6.61 Å². The van der Waals surface area contributed by atoms with Gasteiger partial charge in [-0.1, -0.05) is 6.92 Å². The van der Waals surface area contributed by atoms with Crippen molar-refractivity contribution in [2.45, 2.75) is 34.1 Å². The second kappa shape index (κ2) is 11.1. The molecule has 0 aliphatic rings. The Morgan fingerprint density at radius 2 is 1.74 bits per heavy atom. The average Bonchev–Trinajstić information content (AvgIpc) is 3.10. The van der Waals surface area contributed by atoms with Gasteiger partial charge in [-0.15, -0.1) is 0 Å². The predicted molar refractivity (Wildman–Crippen MR) is 114 cm³/mol. The lowest BCUT2D eigenvalue weighted by Crippen LogP contribution is -2.22. The van der Waals surface area contributed by atoms with E-state index in [2.05, 4.69) is 10.3 Å². The Morgan fingerprint density at radius 1 is 1.03 bits per heavy atom. The average molecular weight is 432 g/mol. The fourth-order valence-electron chi connectivity index (χ4n) is 3.04. The van der Waals surface area contributed by atoms with Crippen LogP contribution < -0.4 is 14.8 Å². The number of hydrogen-bond acceptors (Lipinski definition) is 7. The number of hydrogen-bond donors (Lipinski definition) is 2. The highest BCUT2D eigenvalue weighted by atomic mass is 16.5. The van der Waals surface area contributed by atoms with E-state index in [-0.39, 0.29) is 5.69 Å². The molecule has 0 saturated carbocycles. The number of esters is 2. The maximum atomic E-state index is 12.5. The van der Waals surface area contributed by atoms with Crippen LogP contribution in [-0.4, -0.2) is 49.8 Å². The highest BCUT2D eigenvalue weighted by molar-refractivity contribution is 6.00. The first-order valence-corrected chi connectivity index (χ1v) is 10.0. The third kappa shape index (κ3) is 5.78. The first-order chi connectivity index (χ1) is 14.9. The van der Waals surface area contributed by atoms with E-state index in [0.29, 0.717) is 53.6 Å². The minimum Gasteiger partial charge on any atom is -0.494 e. The van der Waals surface area contributed by atoms with Gasteiger partial charge in [-0.3, -0.25) is 4.79 Å². The minimum atomic E-state index is -0.745. The third-order valence-electron chi connectivity index (χ3n) is 4.45. The lowest BCUT2D eigenvalue weighted by molar-refractivity contribution is -0.119. The van der Waals surface area contributed by atoms with Gasteiger partial charge in [-0.2, -0.15) is 0 Å². The Hall–Kier alpha value is -3.49. The molecule has 1 amide bonds. The predicted octanol–water partition coefficient (Wildman–Crippen LogP) is 3.27. The summed E-state index contributed by atoms with van der Waals surface area (Å²) in [5.41, 5.74) is 1.80. The summed E-state index contributed by atoms with van der Waals surface area (Å²) in [6.07, 6.45) is 0.495. The smallest absolute Gasteiger partial charge is 0.355 e. The van der Waals surface area contributed by atoms with Crippen LogP contribution in [0.25, 0.3) is 0 Å². The topological polar surface area (TPSA) is 116 Å². The highest BCUT2D eigenvalue weighted by Crippen LogP contribution is 2.29. The van der Waals surface area contributed by atoms with Crippen molar-refractivity contribution < 1.29 is 33.3 Å². The number of methoxy groups -OCH3 is 1. The van der Waals surface area contributed by atoms with Crippen molar-refractivity contribution in [1.29, 1.82) is 0 Å². The lowest BCUT2D eigenvalue weighted by Gasteiger charge is -2.13. The molecule has 1 heterocycles. The molecule has 168 valence electrons. The number of H-pyrrole nitrogens is 1.